The number of alkyl halides is 1. The molecule has 0 radical (unpaired) electrons. The van der Waals surface area contributed by atoms with E-state index in [1.54, 1.807) is 10.4 Å². The van der Waals surface area contributed by atoms with E-state index in [1.165, 1.54) is 11.3 Å². The molecule has 0 atom stereocenters. The van der Waals surface area contributed by atoms with Crippen LogP contribution in [0.3, 0.4) is 0 Å². The summed E-state index contributed by atoms with van der Waals surface area (Å²) in [6, 6.07) is 3.88. The number of hydrogen-bond donors (Lipinski definition) is 0. The van der Waals surface area contributed by atoms with Crippen LogP contribution < -0.4 is 0 Å². The van der Waals surface area contributed by atoms with Crippen molar-refractivity contribution >= 4 is 37.3 Å². The molecule has 0 spiro atoms. The summed E-state index contributed by atoms with van der Waals surface area (Å²) in [4.78, 5) is 1.13. The van der Waals surface area contributed by atoms with Crippen LogP contribution in [-0.4, -0.2) is 30.6 Å². The SMILES string of the molecule is CCc1ccc(S(=O)(=O)N(CCBr)C2CCC2)s1. The first-order valence-electron chi connectivity index (χ1n) is 6.26. The molecule has 1 fully saturated rings. The maximum Gasteiger partial charge on any atom is 0.252 e. The molecule has 102 valence electrons. The van der Waals surface area contributed by atoms with E-state index in [0.717, 1.165) is 30.6 Å². The van der Waals surface area contributed by atoms with Crippen LogP contribution in [0.4, 0.5) is 0 Å². The minimum atomic E-state index is -3.29. The Morgan fingerprint density at radius 3 is 2.61 bits per heavy atom. The predicted molar refractivity (Wildman–Crippen MR) is 79.0 cm³/mol. The fourth-order valence-corrected chi connectivity index (χ4v) is 5.79. The average molecular weight is 352 g/mol. The van der Waals surface area contributed by atoms with Crippen LogP contribution in [0.1, 0.15) is 31.1 Å². The third kappa shape index (κ3) is 2.81. The van der Waals surface area contributed by atoms with Gasteiger partial charge in [-0.3, -0.25) is 0 Å². The van der Waals surface area contributed by atoms with Gasteiger partial charge in [-0.05, 0) is 31.4 Å². The molecule has 0 amide bonds. The zero-order valence-electron chi connectivity index (χ0n) is 10.4. The molecule has 0 unspecified atom stereocenters. The highest BCUT2D eigenvalue weighted by Crippen LogP contribution is 2.32. The first-order valence-corrected chi connectivity index (χ1v) is 9.64. The van der Waals surface area contributed by atoms with Crippen molar-refractivity contribution in [3.63, 3.8) is 0 Å². The summed E-state index contributed by atoms with van der Waals surface area (Å²) >= 11 is 4.75. The normalized spacial score (nSPS) is 17.1. The molecule has 0 bridgehead atoms. The highest BCUT2D eigenvalue weighted by molar-refractivity contribution is 9.09. The number of aryl methyl sites for hydroxylation is 1. The largest absolute Gasteiger partial charge is 0.252 e. The van der Waals surface area contributed by atoms with Gasteiger partial charge in [0.25, 0.3) is 10.0 Å². The van der Waals surface area contributed by atoms with Crippen molar-refractivity contribution in [3.05, 3.63) is 17.0 Å². The zero-order valence-corrected chi connectivity index (χ0v) is 13.7. The Morgan fingerprint density at radius 2 is 2.17 bits per heavy atom. The van der Waals surface area contributed by atoms with Crippen LogP contribution in [0, 0.1) is 0 Å². The third-order valence-corrected chi connectivity index (χ3v) is 7.34. The van der Waals surface area contributed by atoms with Gasteiger partial charge in [-0.15, -0.1) is 11.3 Å². The van der Waals surface area contributed by atoms with Gasteiger partial charge >= 0.3 is 0 Å². The van der Waals surface area contributed by atoms with Crippen molar-refractivity contribution < 1.29 is 8.42 Å². The quantitative estimate of drug-likeness (QED) is 0.737. The third-order valence-electron chi connectivity index (χ3n) is 3.34. The molecule has 1 heterocycles. The Hall–Kier alpha value is 0.0900. The molecule has 1 aromatic heterocycles. The van der Waals surface area contributed by atoms with Crippen LogP contribution in [0.2, 0.25) is 0 Å². The van der Waals surface area contributed by atoms with E-state index in [0.29, 0.717) is 16.1 Å². The van der Waals surface area contributed by atoms with E-state index in [4.69, 9.17) is 0 Å². The predicted octanol–water partition coefficient (Wildman–Crippen LogP) is 3.25. The number of sulfonamides is 1. The molecular weight excluding hydrogens is 334 g/mol. The van der Waals surface area contributed by atoms with Gasteiger partial charge in [-0.1, -0.05) is 29.3 Å². The van der Waals surface area contributed by atoms with E-state index in [2.05, 4.69) is 15.9 Å². The Balaban J connectivity index is 2.26. The Kier molecular flexibility index (Phi) is 4.86. The van der Waals surface area contributed by atoms with Gasteiger partial charge in [0, 0.05) is 22.8 Å². The first-order chi connectivity index (χ1) is 8.59. The molecule has 2 rings (SSSR count). The highest BCUT2D eigenvalue weighted by Gasteiger charge is 2.35. The summed E-state index contributed by atoms with van der Waals surface area (Å²) in [6.07, 6.45) is 4.03. The summed E-state index contributed by atoms with van der Waals surface area (Å²) in [6.45, 7) is 2.61. The van der Waals surface area contributed by atoms with Gasteiger partial charge in [0.05, 0.1) is 0 Å². The Bertz CT molecular complexity index is 494. The van der Waals surface area contributed by atoms with Crippen molar-refractivity contribution in [1.29, 1.82) is 0 Å². The molecular formula is C12H18BrNO2S2. The lowest BCUT2D eigenvalue weighted by Crippen LogP contribution is -2.44. The molecule has 1 saturated carbocycles. The van der Waals surface area contributed by atoms with Crippen LogP contribution >= 0.6 is 27.3 Å². The van der Waals surface area contributed by atoms with Crippen LogP contribution in [0.25, 0.3) is 0 Å². The lowest BCUT2D eigenvalue weighted by Gasteiger charge is -2.35. The molecule has 6 heteroatoms. The van der Waals surface area contributed by atoms with Gasteiger partial charge in [0.15, 0.2) is 0 Å². The lowest BCUT2D eigenvalue weighted by molar-refractivity contribution is 0.228. The molecule has 0 aromatic carbocycles. The standard InChI is InChI=1S/C12H18BrNO2S2/c1-2-11-6-7-12(17-11)18(15,16)14(9-8-13)10-4-3-5-10/h6-7,10H,2-5,8-9H2,1H3. The second-order valence-electron chi connectivity index (χ2n) is 4.46. The number of rotatable bonds is 6. The van der Waals surface area contributed by atoms with E-state index >= 15 is 0 Å². The molecule has 0 aliphatic heterocycles. The number of thiophene rings is 1. The van der Waals surface area contributed by atoms with Gasteiger partial charge in [0.1, 0.15) is 4.21 Å². The number of nitrogens with zero attached hydrogens (tertiary/aromatic N) is 1. The summed E-state index contributed by atoms with van der Waals surface area (Å²) in [5.41, 5.74) is 0. The van der Waals surface area contributed by atoms with Crippen molar-refractivity contribution in [2.75, 3.05) is 11.9 Å². The maximum absolute atomic E-state index is 12.6. The summed E-state index contributed by atoms with van der Waals surface area (Å²) in [5.74, 6) is 0. The Labute approximate surface area is 121 Å². The van der Waals surface area contributed by atoms with E-state index < -0.39 is 10.0 Å². The molecule has 18 heavy (non-hydrogen) atoms. The average Bonchev–Trinajstić information content (AvgIpc) is 2.75. The molecule has 1 aliphatic rings. The van der Waals surface area contributed by atoms with Gasteiger partial charge < -0.3 is 0 Å². The molecule has 0 saturated heterocycles. The number of hydrogen-bond acceptors (Lipinski definition) is 3. The minimum absolute atomic E-state index is 0.208. The van der Waals surface area contributed by atoms with Crippen LogP contribution in [0.5, 0.6) is 0 Å². The van der Waals surface area contributed by atoms with Gasteiger partial charge in [-0.25, -0.2) is 8.42 Å². The van der Waals surface area contributed by atoms with Crippen molar-refractivity contribution in [1.82, 2.24) is 4.31 Å². The zero-order chi connectivity index (χ0) is 13.2. The van der Waals surface area contributed by atoms with Crippen molar-refractivity contribution in [3.8, 4) is 0 Å². The second-order valence-corrected chi connectivity index (χ2v) is 8.54. The van der Waals surface area contributed by atoms with E-state index in [9.17, 15) is 8.42 Å². The molecule has 3 nitrogen and oxygen atoms in total. The fraction of sp³-hybridized carbons (Fsp3) is 0.667. The van der Waals surface area contributed by atoms with Gasteiger partial charge in [-0.2, -0.15) is 4.31 Å². The summed E-state index contributed by atoms with van der Waals surface area (Å²) in [7, 11) is -3.29. The van der Waals surface area contributed by atoms with Crippen molar-refractivity contribution in [2.24, 2.45) is 0 Å². The lowest BCUT2D eigenvalue weighted by atomic mass is 9.93. The van der Waals surface area contributed by atoms with E-state index in [-0.39, 0.29) is 6.04 Å². The van der Waals surface area contributed by atoms with Gasteiger partial charge in [0.2, 0.25) is 0 Å². The first kappa shape index (κ1) is 14.5. The summed E-state index contributed by atoms with van der Waals surface area (Å²) in [5, 5.41) is 0.689. The maximum atomic E-state index is 12.6. The smallest absolute Gasteiger partial charge is 0.206 e. The molecule has 1 aliphatic carbocycles. The van der Waals surface area contributed by atoms with Crippen LogP contribution in [0.15, 0.2) is 16.3 Å². The topological polar surface area (TPSA) is 37.4 Å². The molecule has 1 aromatic rings. The fourth-order valence-electron chi connectivity index (χ4n) is 2.06. The van der Waals surface area contributed by atoms with E-state index in [1.807, 2.05) is 13.0 Å². The van der Waals surface area contributed by atoms with Crippen molar-refractivity contribution in [2.45, 2.75) is 42.9 Å². The van der Waals surface area contributed by atoms with Crippen LogP contribution in [-0.2, 0) is 16.4 Å². The Morgan fingerprint density at radius 1 is 1.44 bits per heavy atom. The second kappa shape index (κ2) is 6.03. The highest BCUT2D eigenvalue weighted by atomic mass is 79.9. The monoisotopic (exact) mass is 351 g/mol. The number of halogens is 1. The summed E-state index contributed by atoms with van der Waals surface area (Å²) < 4.78 is 27.4. The minimum Gasteiger partial charge on any atom is -0.206 e. The molecule has 0 N–H and O–H groups in total.